The molecule has 5 nitrogen and oxygen atoms in total. The lowest BCUT2D eigenvalue weighted by atomic mass is 10.1. The van der Waals surface area contributed by atoms with E-state index in [9.17, 15) is 23.1 Å². The molecule has 1 rings (SSSR count). The predicted octanol–water partition coefficient (Wildman–Crippen LogP) is 1.71. The van der Waals surface area contributed by atoms with Crippen LogP contribution in [0.5, 0.6) is 5.75 Å². The SMILES string of the molecule is COC(CN)CC(=O)Nc1cc(C(F)(F)F)ccc1O. The molecule has 0 aliphatic heterocycles. The van der Waals surface area contributed by atoms with Crippen LogP contribution in [0.15, 0.2) is 18.2 Å². The number of anilines is 1. The van der Waals surface area contributed by atoms with Gasteiger partial charge in [0, 0.05) is 13.7 Å². The number of ether oxygens (including phenoxy) is 1. The number of nitrogens with one attached hydrogen (secondary N) is 1. The smallest absolute Gasteiger partial charge is 0.416 e. The molecule has 0 aliphatic carbocycles. The van der Waals surface area contributed by atoms with Crippen molar-refractivity contribution in [3.63, 3.8) is 0 Å². The average Bonchev–Trinajstić information content (AvgIpc) is 2.37. The zero-order valence-corrected chi connectivity index (χ0v) is 10.7. The van der Waals surface area contributed by atoms with E-state index in [2.05, 4.69) is 5.32 Å². The summed E-state index contributed by atoms with van der Waals surface area (Å²) < 4.78 is 42.5. The fourth-order valence-electron chi connectivity index (χ4n) is 1.48. The summed E-state index contributed by atoms with van der Waals surface area (Å²) in [5, 5.41) is 11.7. The summed E-state index contributed by atoms with van der Waals surface area (Å²) in [5.41, 5.74) is 4.06. The minimum Gasteiger partial charge on any atom is -0.506 e. The van der Waals surface area contributed by atoms with Gasteiger partial charge in [-0.25, -0.2) is 0 Å². The van der Waals surface area contributed by atoms with Gasteiger partial charge in [0.15, 0.2) is 0 Å². The minimum absolute atomic E-state index is 0.0957. The molecule has 1 aromatic rings. The quantitative estimate of drug-likeness (QED) is 0.721. The summed E-state index contributed by atoms with van der Waals surface area (Å²) in [6.07, 6.45) is -5.22. The maximum atomic E-state index is 12.5. The van der Waals surface area contributed by atoms with Crippen molar-refractivity contribution < 1.29 is 27.8 Å². The monoisotopic (exact) mass is 292 g/mol. The van der Waals surface area contributed by atoms with Crippen molar-refractivity contribution in [3.8, 4) is 5.75 Å². The molecule has 0 fully saturated rings. The molecule has 20 heavy (non-hydrogen) atoms. The number of carbonyl (C=O) groups is 1. The molecule has 0 saturated heterocycles. The maximum absolute atomic E-state index is 12.5. The molecule has 0 bridgehead atoms. The molecular weight excluding hydrogens is 277 g/mol. The number of halogens is 3. The lowest BCUT2D eigenvalue weighted by Crippen LogP contribution is -2.28. The van der Waals surface area contributed by atoms with Crippen molar-refractivity contribution in [2.24, 2.45) is 5.73 Å². The second kappa shape index (κ2) is 6.58. The van der Waals surface area contributed by atoms with Crippen LogP contribution in [0.1, 0.15) is 12.0 Å². The Labute approximate surface area is 113 Å². The number of benzene rings is 1. The maximum Gasteiger partial charge on any atom is 0.416 e. The Hall–Kier alpha value is -1.80. The molecule has 0 aliphatic rings. The van der Waals surface area contributed by atoms with E-state index in [4.69, 9.17) is 10.5 Å². The third-order valence-corrected chi connectivity index (χ3v) is 2.61. The lowest BCUT2D eigenvalue weighted by Gasteiger charge is -2.14. The van der Waals surface area contributed by atoms with Gasteiger partial charge >= 0.3 is 6.18 Å². The summed E-state index contributed by atoms with van der Waals surface area (Å²) >= 11 is 0. The number of rotatable bonds is 5. The Morgan fingerprint density at radius 2 is 2.15 bits per heavy atom. The topological polar surface area (TPSA) is 84.6 Å². The van der Waals surface area contributed by atoms with Gasteiger partial charge in [0.1, 0.15) is 5.75 Å². The summed E-state index contributed by atoms with van der Waals surface area (Å²) in [6.45, 7) is 0.0957. The van der Waals surface area contributed by atoms with Gasteiger partial charge in [0.05, 0.1) is 23.8 Å². The van der Waals surface area contributed by atoms with Crippen molar-refractivity contribution >= 4 is 11.6 Å². The standard InChI is InChI=1S/C12H15F3N2O3/c1-20-8(6-16)5-11(19)17-9-4-7(12(13,14)15)2-3-10(9)18/h2-4,8,18H,5-6,16H2,1H3,(H,17,19). The Bertz CT molecular complexity index is 474. The third-order valence-electron chi connectivity index (χ3n) is 2.61. The second-order valence-electron chi connectivity index (χ2n) is 4.08. The van der Waals surface area contributed by atoms with Crippen LogP contribution in [0.4, 0.5) is 18.9 Å². The highest BCUT2D eigenvalue weighted by molar-refractivity contribution is 5.92. The van der Waals surface area contributed by atoms with Crippen LogP contribution in [0.25, 0.3) is 0 Å². The van der Waals surface area contributed by atoms with E-state index in [1.807, 2.05) is 0 Å². The van der Waals surface area contributed by atoms with Gasteiger partial charge in [-0.2, -0.15) is 13.2 Å². The summed E-state index contributed by atoms with van der Waals surface area (Å²) in [4.78, 5) is 11.6. The summed E-state index contributed by atoms with van der Waals surface area (Å²) in [6, 6.07) is 2.26. The molecule has 0 aromatic heterocycles. The number of nitrogens with two attached hydrogens (primary N) is 1. The van der Waals surface area contributed by atoms with Crippen molar-refractivity contribution in [2.45, 2.75) is 18.7 Å². The number of phenolic OH excluding ortho intramolecular Hbond substituents is 1. The van der Waals surface area contributed by atoms with Crippen LogP contribution < -0.4 is 11.1 Å². The van der Waals surface area contributed by atoms with Crippen LogP contribution in [-0.4, -0.2) is 30.8 Å². The largest absolute Gasteiger partial charge is 0.506 e. The Kier molecular flexibility index (Phi) is 5.34. The van der Waals surface area contributed by atoms with Crippen LogP contribution in [-0.2, 0) is 15.7 Å². The molecule has 0 saturated carbocycles. The number of carbonyl (C=O) groups excluding carboxylic acids is 1. The van der Waals surface area contributed by atoms with E-state index in [1.165, 1.54) is 7.11 Å². The van der Waals surface area contributed by atoms with Gasteiger partial charge in [0.25, 0.3) is 0 Å². The number of methoxy groups -OCH3 is 1. The van der Waals surface area contributed by atoms with Gasteiger partial charge in [-0.05, 0) is 18.2 Å². The van der Waals surface area contributed by atoms with Gasteiger partial charge in [-0.1, -0.05) is 0 Å². The van der Waals surface area contributed by atoms with Gasteiger partial charge < -0.3 is 20.9 Å². The highest BCUT2D eigenvalue weighted by Gasteiger charge is 2.31. The number of hydrogen-bond donors (Lipinski definition) is 3. The van der Waals surface area contributed by atoms with Crippen molar-refractivity contribution in [1.29, 1.82) is 0 Å². The molecule has 0 heterocycles. The van der Waals surface area contributed by atoms with Crippen molar-refractivity contribution in [1.82, 2.24) is 0 Å². The molecule has 0 radical (unpaired) electrons. The van der Waals surface area contributed by atoms with Gasteiger partial charge in [0.2, 0.25) is 5.91 Å². The van der Waals surface area contributed by atoms with E-state index in [1.54, 1.807) is 0 Å². The summed E-state index contributed by atoms with van der Waals surface area (Å²) in [5.74, 6) is -1.05. The normalized spacial score (nSPS) is 13.1. The minimum atomic E-state index is -4.56. The molecule has 1 atom stereocenters. The number of hydrogen-bond acceptors (Lipinski definition) is 4. The number of aromatic hydroxyl groups is 1. The first-order valence-electron chi connectivity index (χ1n) is 5.70. The van der Waals surface area contributed by atoms with E-state index < -0.39 is 29.5 Å². The van der Waals surface area contributed by atoms with E-state index in [0.717, 1.165) is 12.1 Å². The molecule has 0 spiro atoms. The molecule has 1 aromatic carbocycles. The first-order chi connectivity index (χ1) is 9.27. The Morgan fingerprint density at radius 1 is 1.50 bits per heavy atom. The fraction of sp³-hybridized carbons (Fsp3) is 0.417. The van der Waals surface area contributed by atoms with Crippen LogP contribution in [0, 0.1) is 0 Å². The molecule has 4 N–H and O–H groups in total. The Balaban J connectivity index is 2.84. The third kappa shape index (κ3) is 4.39. The van der Waals surface area contributed by atoms with E-state index >= 15 is 0 Å². The Morgan fingerprint density at radius 3 is 2.65 bits per heavy atom. The number of amides is 1. The molecule has 8 heteroatoms. The zero-order valence-electron chi connectivity index (χ0n) is 10.7. The van der Waals surface area contributed by atoms with E-state index in [-0.39, 0.29) is 18.7 Å². The zero-order chi connectivity index (χ0) is 15.3. The second-order valence-corrected chi connectivity index (χ2v) is 4.08. The first-order valence-corrected chi connectivity index (χ1v) is 5.70. The average molecular weight is 292 g/mol. The molecule has 112 valence electrons. The highest BCUT2D eigenvalue weighted by atomic mass is 19.4. The fourth-order valence-corrected chi connectivity index (χ4v) is 1.48. The highest BCUT2D eigenvalue weighted by Crippen LogP contribution is 2.34. The van der Waals surface area contributed by atoms with Crippen LogP contribution in [0.2, 0.25) is 0 Å². The van der Waals surface area contributed by atoms with Crippen molar-refractivity contribution in [3.05, 3.63) is 23.8 Å². The first kappa shape index (κ1) is 16.3. The van der Waals surface area contributed by atoms with Crippen LogP contribution in [0.3, 0.4) is 0 Å². The van der Waals surface area contributed by atoms with Crippen LogP contribution >= 0.6 is 0 Å². The van der Waals surface area contributed by atoms with E-state index in [0.29, 0.717) is 6.07 Å². The van der Waals surface area contributed by atoms with Gasteiger partial charge in [-0.3, -0.25) is 4.79 Å². The molecule has 1 unspecified atom stereocenters. The predicted molar refractivity (Wildman–Crippen MR) is 66.2 cm³/mol. The molecule has 1 amide bonds. The van der Waals surface area contributed by atoms with Gasteiger partial charge in [-0.15, -0.1) is 0 Å². The summed E-state index contributed by atoms with van der Waals surface area (Å²) in [7, 11) is 1.37. The van der Waals surface area contributed by atoms with Crippen molar-refractivity contribution in [2.75, 3.05) is 19.0 Å². The lowest BCUT2D eigenvalue weighted by molar-refractivity contribution is -0.137. The molecular formula is C12H15F3N2O3. The number of alkyl halides is 3. The number of phenols is 1.